The predicted molar refractivity (Wildman–Crippen MR) is 91.1 cm³/mol. The second-order valence-corrected chi connectivity index (χ2v) is 6.67. The van der Waals surface area contributed by atoms with Crippen molar-refractivity contribution in [1.29, 1.82) is 0 Å². The van der Waals surface area contributed by atoms with E-state index in [2.05, 4.69) is 5.32 Å². The molecule has 0 aromatic heterocycles. The van der Waals surface area contributed by atoms with Gasteiger partial charge in [0.15, 0.2) is 0 Å². The molecule has 0 radical (unpaired) electrons. The first-order valence-corrected chi connectivity index (χ1v) is 8.19. The van der Waals surface area contributed by atoms with Crippen LogP contribution in [0.3, 0.4) is 0 Å². The van der Waals surface area contributed by atoms with Crippen LogP contribution in [0.4, 0.5) is 0 Å². The number of carbonyl (C=O) groups excluding carboxylic acids is 1. The summed E-state index contributed by atoms with van der Waals surface area (Å²) in [6.07, 6.45) is 5.77. The molecule has 0 aliphatic heterocycles. The van der Waals surface area contributed by atoms with E-state index in [1.165, 1.54) is 0 Å². The Hall–Kier alpha value is -0.840. The molecule has 1 amide bonds. The highest BCUT2D eigenvalue weighted by Gasteiger charge is 2.36. The molecule has 0 unspecified atom stereocenters. The van der Waals surface area contributed by atoms with Gasteiger partial charge < -0.3 is 11.1 Å². The van der Waals surface area contributed by atoms with Crippen LogP contribution < -0.4 is 11.1 Å². The summed E-state index contributed by atoms with van der Waals surface area (Å²) in [4.78, 5) is 12.9. The van der Waals surface area contributed by atoms with Crippen LogP contribution in [0.15, 0.2) is 18.2 Å². The molecule has 21 heavy (non-hydrogen) atoms. The minimum atomic E-state index is -0.634. The van der Waals surface area contributed by atoms with Crippen LogP contribution in [0.2, 0.25) is 10.0 Å². The van der Waals surface area contributed by atoms with Crippen LogP contribution >= 0.6 is 35.4 Å². The van der Waals surface area contributed by atoms with Crippen molar-refractivity contribution in [3.63, 3.8) is 0 Å². The molecule has 0 spiro atoms. The maximum Gasteiger partial charge on any atom is 0.255 e. The van der Waals surface area contributed by atoms with Gasteiger partial charge in [0.25, 0.3) is 5.91 Å². The molecule has 1 saturated carbocycles. The zero-order chi connectivity index (χ0) is 15.5. The molecule has 0 bridgehead atoms. The molecule has 0 atom stereocenters. The lowest BCUT2D eigenvalue weighted by molar-refractivity contribution is 0.0918. The molecule has 0 saturated heterocycles. The molecule has 1 fully saturated rings. The van der Waals surface area contributed by atoms with Gasteiger partial charge in [-0.15, -0.1) is 0 Å². The van der Waals surface area contributed by atoms with Crippen molar-refractivity contribution in [2.45, 2.75) is 44.1 Å². The number of hydrogen-bond acceptors (Lipinski definition) is 2. The normalized spacial score (nSPS) is 17.8. The summed E-state index contributed by atoms with van der Waals surface area (Å²) in [5.74, 6) is -0.319. The number of nitrogens with one attached hydrogen (secondary N) is 1. The third kappa shape index (κ3) is 3.68. The summed E-state index contributed by atoms with van der Waals surface area (Å²) < 4.78 is 0. The van der Waals surface area contributed by atoms with Crippen LogP contribution in [0.25, 0.3) is 0 Å². The minimum absolute atomic E-state index is 0.278. The summed E-state index contributed by atoms with van der Waals surface area (Å²) in [6.45, 7) is 0. The van der Waals surface area contributed by atoms with Crippen LogP contribution in [0.1, 0.15) is 48.9 Å². The smallest absolute Gasteiger partial charge is 0.255 e. The van der Waals surface area contributed by atoms with E-state index in [4.69, 9.17) is 41.2 Å². The second-order valence-electron chi connectivity index (χ2n) is 5.41. The number of hydrogen-bond donors (Lipinski definition) is 2. The van der Waals surface area contributed by atoms with Crippen molar-refractivity contribution in [2.24, 2.45) is 5.73 Å². The van der Waals surface area contributed by atoms with Gasteiger partial charge in [0.1, 0.15) is 0 Å². The van der Waals surface area contributed by atoms with Crippen LogP contribution in [0.5, 0.6) is 0 Å². The number of rotatable bonds is 3. The Morgan fingerprint density at radius 2 is 1.67 bits per heavy atom. The maximum atomic E-state index is 12.6. The largest absolute Gasteiger partial charge is 0.391 e. The van der Waals surface area contributed by atoms with E-state index in [0.29, 0.717) is 15.0 Å². The zero-order valence-corrected chi connectivity index (χ0v) is 14.0. The van der Waals surface area contributed by atoms with Crippen molar-refractivity contribution in [1.82, 2.24) is 5.32 Å². The Bertz CT molecular complexity index is 534. The molecule has 0 heterocycles. The van der Waals surface area contributed by atoms with Crippen molar-refractivity contribution in [2.75, 3.05) is 0 Å². The van der Waals surface area contributed by atoms with Gasteiger partial charge in [0, 0.05) is 0 Å². The first-order chi connectivity index (χ1) is 9.96. The van der Waals surface area contributed by atoms with E-state index < -0.39 is 5.54 Å². The summed E-state index contributed by atoms with van der Waals surface area (Å²) in [5, 5.41) is 3.65. The van der Waals surface area contributed by atoms with Gasteiger partial charge in [0.05, 0.1) is 26.1 Å². The molecule has 1 aromatic rings. The average Bonchev–Trinajstić information content (AvgIpc) is 2.65. The standard InChI is InChI=1S/C15H18Cl2N2OS/c16-10-6-5-7-11(17)12(10)13(20)19-15(14(18)21)8-3-1-2-4-9-15/h5-7H,1-4,8-9H2,(H2,18,21)(H,19,20). The van der Waals surface area contributed by atoms with Gasteiger partial charge in [-0.05, 0) is 25.0 Å². The van der Waals surface area contributed by atoms with Crippen molar-refractivity contribution in [3.8, 4) is 0 Å². The van der Waals surface area contributed by atoms with E-state index in [1.54, 1.807) is 18.2 Å². The molecule has 3 N–H and O–H groups in total. The van der Waals surface area contributed by atoms with Crippen molar-refractivity contribution in [3.05, 3.63) is 33.8 Å². The fourth-order valence-electron chi connectivity index (χ4n) is 2.76. The van der Waals surface area contributed by atoms with Gasteiger partial charge in [-0.3, -0.25) is 4.79 Å². The van der Waals surface area contributed by atoms with E-state index in [1.807, 2.05) is 0 Å². The number of carbonyl (C=O) groups is 1. The second kappa shape index (κ2) is 6.95. The molecule has 1 aliphatic rings. The number of amides is 1. The third-order valence-corrected chi connectivity index (χ3v) is 4.99. The highest BCUT2D eigenvalue weighted by atomic mass is 35.5. The molecule has 6 heteroatoms. The average molecular weight is 345 g/mol. The number of thiocarbonyl (C=S) groups is 1. The molecular weight excluding hydrogens is 327 g/mol. The predicted octanol–water partition coefficient (Wildman–Crippen LogP) is 4.10. The summed E-state index contributed by atoms with van der Waals surface area (Å²) in [5.41, 5.74) is 5.57. The lowest BCUT2D eigenvalue weighted by atomic mass is 9.89. The van der Waals surface area contributed by atoms with Gasteiger partial charge in [-0.1, -0.05) is 67.2 Å². The first-order valence-electron chi connectivity index (χ1n) is 7.03. The molecule has 1 aromatic carbocycles. The summed E-state index contributed by atoms with van der Waals surface area (Å²) in [6, 6.07) is 4.99. The Balaban J connectivity index is 2.28. The Morgan fingerprint density at radius 1 is 1.14 bits per heavy atom. The Morgan fingerprint density at radius 3 is 2.14 bits per heavy atom. The molecule has 3 nitrogen and oxygen atoms in total. The first kappa shape index (κ1) is 16.5. The van der Waals surface area contributed by atoms with E-state index >= 15 is 0 Å². The maximum absolute atomic E-state index is 12.6. The van der Waals surface area contributed by atoms with Crippen LogP contribution in [-0.4, -0.2) is 16.4 Å². The fourth-order valence-corrected chi connectivity index (χ4v) is 3.58. The van der Waals surface area contributed by atoms with Gasteiger partial charge in [-0.2, -0.15) is 0 Å². The summed E-state index contributed by atoms with van der Waals surface area (Å²) >= 11 is 17.4. The van der Waals surface area contributed by atoms with E-state index in [-0.39, 0.29) is 11.5 Å². The highest BCUT2D eigenvalue weighted by Crippen LogP contribution is 2.30. The topological polar surface area (TPSA) is 55.1 Å². The minimum Gasteiger partial charge on any atom is -0.391 e. The summed E-state index contributed by atoms with van der Waals surface area (Å²) in [7, 11) is 0. The van der Waals surface area contributed by atoms with Crippen LogP contribution in [0, 0.1) is 0 Å². The zero-order valence-electron chi connectivity index (χ0n) is 11.6. The SMILES string of the molecule is NC(=S)C1(NC(=O)c2c(Cl)cccc2Cl)CCCCCC1. The van der Waals surface area contributed by atoms with Gasteiger partial charge in [-0.25, -0.2) is 0 Å². The lowest BCUT2D eigenvalue weighted by Crippen LogP contribution is -2.56. The lowest BCUT2D eigenvalue weighted by Gasteiger charge is -2.33. The van der Waals surface area contributed by atoms with Crippen LogP contribution in [-0.2, 0) is 0 Å². The van der Waals surface area contributed by atoms with E-state index in [0.717, 1.165) is 38.5 Å². The van der Waals surface area contributed by atoms with E-state index in [9.17, 15) is 4.79 Å². The molecular formula is C15H18Cl2N2OS. The van der Waals surface area contributed by atoms with Gasteiger partial charge in [0.2, 0.25) is 0 Å². The molecule has 2 rings (SSSR count). The molecule has 114 valence electrons. The Kier molecular flexibility index (Phi) is 5.47. The van der Waals surface area contributed by atoms with Crippen molar-refractivity contribution >= 4 is 46.3 Å². The van der Waals surface area contributed by atoms with Gasteiger partial charge >= 0.3 is 0 Å². The third-order valence-electron chi connectivity index (χ3n) is 3.97. The van der Waals surface area contributed by atoms with Crippen molar-refractivity contribution < 1.29 is 4.79 Å². The molecule has 1 aliphatic carbocycles. The highest BCUT2D eigenvalue weighted by molar-refractivity contribution is 7.80. The quantitative estimate of drug-likeness (QED) is 0.640. The number of nitrogens with two attached hydrogens (primary N) is 1. The fraction of sp³-hybridized carbons (Fsp3) is 0.467. The Labute approximate surface area is 140 Å². The monoisotopic (exact) mass is 344 g/mol. The number of benzene rings is 1. The number of halogens is 2.